The summed E-state index contributed by atoms with van der Waals surface area (Å²) in [5, 5.41) is 9.06. The van der Waals surface area contributed by atoms with Crippen molar-refractivity contribution in [1.82, 2.24) is 4.90 Å². The molecule has 88 valence electrons. The Bertz CT molecular complexity index is 387. The summed E-state index contributed by atoms with van der Waals surface area (Å²) in [4.78, 5) is 15.3. The number of thiophene rings is 1. The first kappa shape index (κ1) is 12.0. The van der Waals surface area contributed by atoms with E-state index in [9.17, 15) is 4.79 Å². The molecular formula is C10H12BrNO3S. The average molecular weight is 306 g/mol. The highest BCUT2D eigenvalue weighted by atomic mass is 79.9. The van der Waals surface area contributed by atoms with Gasteiger partial charge in [-0.25, -0.2) is 0 Å². The lowest BCUT2D eigenvalue weighted by molar-refractivity contribution is 0.0306. The summed E-state index contributed by atoms with van der Waals surface area (Å²) in [7, 11) is 0. The molecule has 2 rings (SSSR count). The smallest absolute Gasteiger partial charge is 0.264 e. The average Bonchev–Trinajstić information content (AvgIpc) is 2.71. The number of rotatable bonds is 2. The van der Waals surface area contributed by atoms with Gasteiger partial charge in [-0.2, -0.15) is 0 Å². The predicted molar refractivity (Wildman–Crippen MR) is 64.7 cm³/mol. The monoisotopic (exact) mass is 305 g/mol. The van der Waals surface area contributed by atoms with Crippen molar-refractivity contribution in [1.29, 1.82) is 0 Å². The maximum Gasteiger partial charge on any atom is 0.264 e. The largest absolute Gasteiger partial charge is 0.391 e. The molecule has 1 aliphatic rings. The number of aliphatic hydroxyl groups excluding tert-OH is 1. The van der Waals surface area contributed by atoms with Gasteiger partial charge in [0.1, 0.15) is 0 Å². The van der Waals surface area contributed by atoms with E-state index in [-0.39, 0.29) is 12.5 Å². The van der Waals surface area contributed by atoms with Crippen molar-refractivity contribution in [2.24, 2.45) is 0 Å². The molecule has 0 unspecified atom stereocenters. The molecule has 0 radical (unpaired) electrons. The number of ether oxygens (including phenoxy) is 1. The first-order chi connectivity index (χ1) is 7.72. The molecule has 0 atom stereocenters. The Hall–Kier alpha value is -0.430. The van der Waals surface area contributed by atoms with Crippen molar-refractivity contribution in [3.05, 3.63) is 20.3 Å². The van der Waals surface area contributed by atoms with E-state index in [0.717, 1.165) is 9.35 Å². The van der Waals surface area contributed by atoms with Crippen LogP contribution in [0.3, 0.4) is 0 Å². The summed E-state index contributed by atoms with van der Waals surface area (Å²) in [6.07, 6.45) is 0. The molecule has 1 aliphatic heterocycles. The number of aliphatic hydroxyl groups is 1. The van der Waals surface area contributed by atoms with Crippen LogP contribution in [0.2, 0.25) is 0 Å². The summed E-state index contributed by atoms with van der Waals surface area (Å²) in [5.41, 5.74) is 0. The lowest BCUT2D eigenvalue weighted by Crippen LogP contribution is -2.40. The molecule has 1 N–H and O–H groups in total. The van der Waals surface area contributed by atoms with Crippen molar-refractivity contribution in [2.45, 2.75) is 6.61 Å². The molecule has 16 heavy (non-hydrogen) atoms. The second kappa shape index (κ2) is 5.27. The zero-order chi connectivity index (χ0) is 11.5. The Morgan fingerprint density at radius 1 is 1.56 bits per heavy atom. The number of hydrogen-bond donors (Lipinski definition) is 1. The van der Waals surface area contributed by atoms with Gasteiger partial charge in [0.2, 0.25) is 0 Å². The summed E-state index contributed by atoms with van der Waals surface area (Å²) >= 11 is 4.66. The zero-order valence-electron chi connectivity index (χ0n) is 8.61. The first-order valence-corrected chi connectivity index (χ1v) is 6.59. The molecule has 1 aromatic heterocycles. The molecule has 0 aromatic carbocycles. The van der Waals surface area contributed by atoms with Gasteiger partial charge in [-0.15, -0.1) is 11.3 Å². The third kappa shape index (κ3) is 2.45. The number of carbonyl (C=O) groups is 1. The van der Waals surface area contributed by atoms with Gasteiger partial charge in [0.05, 0.1) is 24.7 Å². The van der Waals surface area contributed by atoms with Gasteiger partial charge in [-0.3, -0.25) is 4.79 Å². The summed E-state index contributed by atoms with van der Waals surface area (Å²) < 4.78 is 6.00. The molecule has 1 aromatic rings. The number of carbonyl (C=O) groups excluding carboxylic acids is 1. The molecule has 1 saturated heterocycles. The summed E-state index contributed by atoms with van der Waals surface area (Å²) in [6.45, 7) is 2.45. The molecule has 0 saturated carbocycles. The van der Waals surface area contributed by atoms with E-state index >= 15 is 0 Å². The van der Waals surface area contributed by atoms with Crippen LogP contribution in [0.15, 0.2) is 10.5 Å². The van der Waals surface area contributed by atoms with Gasteiger partial charge >= 0.3 is 0 Å². The van der Waals surface area contributed by atoms with Crippen LogP contribution in [0.4, 0.5) is 0 Å². The number of halogens is 1. The van der Waals surface area contributed by atoms with E-state index in [0.29, 0.717) is 31.2 Å². The van der Waals surface area contributed by atoms with Crippen molar-refractivity contribution in [3.8, 4) is 0 Å². The molecule has 0 aliphatic carbocycles. The van der Waals surface area contributed by atoms with Gasteiger partial charge in [0.25, 0.3) is 5.91 Å². The van der Waals surface area contributed by atoms with E-state index in [1.54, 1.807) is 11.0 Å². The fraction of sp³-hybridized carbons (Fsp3) is 0.500. The first-order valence-electron chi connectivity index (χ1n) is 4.98. The Morgan fingerprint density at radius 2 is 2.25 bits per heavy atom. The maximum atomic E-state index is 12.1. The quantitative estimate of drug-likeness (QED) is 0.900. The van der Waals surface area contributed by atoms with Gasteiger partial charge in [0, 0.05) is 22.4 Å². The van der Waals surface area contributed by atoms with Crippen molar-refractivity contribution in [2.75, 3.05) is 26.3 Å². The summed E-state index contributed by atoms with van der Waals surface area (Å²) in [5.74, 6) is 0.0219. The zero-order valence-corrected chi connectivity index (χ0v) is 11.0. The molecule has 1 amide bonds. The van der Waals surface area contributed by atoms with Crippen molar-refractivity contribution >= 4 is 33.2 Å². The van der Waals surface area contributed by atoms with E-state index in [4.69, 9.17) is 9.84 Å². The maximum absolute atomic E-state index is 12.1. The fourth-order valence-corrected chi connectivity index (χ4v) is 3.17. The van der Waals surface area contributed by atoms with Crippen molar-refractivity contribution in [3.63, 3.8) is 0 Å². The highest BCUT2D eigenvalue weighted by Crippen LogP contribution is 2.28. The minimum Gasteiger partial charge on any atom is -0.391 e. The van der Waals surface area contributed by atoms with Crippen LogP contribution >= 0.6 is 27.3 Å². The highest BCUT2D eigenvalue weighted by Gasteiger charge is 2.21. The van der Waals surface area contributed by atoms with Gasteiger partial charge in [0.15, 0.2) is 0 Å². The van der Waals surface area contributed by atoms with E-state index in [1.165, 1.54) is 11.3 Å². The number of hydrogen-bond acceptors (Lipinski definition) is 4. The standard InChI is InChI=1S/C10H12BrNO3S/c11-7-5-8(16-9(7)6-13)10(14)12-1-3-15-4-2-12/h5,13H,1-4,6H2. The lowest BCUT2D eigenvalue weighted by atomic mass is 10.3. The van der Waals surface area contributed by atoms with Crippen LogP contribution in [0.25, 0.3) is 0 Å². The van der Waals surface area contributed by atoms with Crippen LogP contribution in [0.5, 0.6) is 0 Å². The molecular weight excluding hydrogens is 294 g/mol. The second-order valence-electron chi connectivity index (χ2n) is 3.44. The second-order valence-corrected chi connectivity index (χ2v) is 5.44. The van der Waals surface area contributed by atoms with Gasteiger partial charge in [-0.1, -0.05) is 0 Å². The molecule has 2 heterocycles. The Balaban J connectivity index is 2.13. The van der Waals surface area contributed by atoms with Crippen LogP contribution in [0.1, 0.15) is 14.5 Å². The van der Waals surface area contributed by atoms with Gasteiger partial charge in [-0.05, 0) is 22.0 Å². The Labute approximate surface area is 106 Å². The Morgan fingerprint density at radius 3 is 2.81 bits per heavy atom. The Kier molecular flexibility index (Phi) is 3.96. The summed E-state index contributed by atoms with van der Waals surface area (Å²) in [6, 6.07) is 1.77. The van der Waals surface area contributed by atoms with Gasteiger partial charge < -0.3 is 14.7 Å². The molecule has 0 bridgehead atoms. The van der Waals surface area contributed by atoms with Crippen molar-refractivity contribution < 1.29 is 14.6 Å². The van der Waals surface area contributed by atoms with E-state index < -0.39 is 0 Å². The fourth-order valence-electron chi connectivity index (χ4n) is 1.54. The van der Waals surface area contributed by atoms with E-state index in [1.807, 2.05) is 0 Å². The van der Waals surface area contributed by atoms with Crippen LogP contribution in [0, 0.1) is 0 Å². The van der Waals surface area contributed by atoms with Crippen LogP contribution < -0.4 is 0 Å². The molecule has 4 nitrogen and oxygen atoms in total. The normalized spacial score (nSPS) is 16.5. The molecule has 6 heteroatoms. The number of morpholine rings is 1. The van der Waals surface area contributed by atoms with Crippen LogP contribution in [-0.2, 0) is 11.3 Å². The lowest BCUT2D eigenvalue weighted by Gasteiger charge is -2.26. The predicted octanol–water partition coefficient (Wildman–Crippen LogP) is 1.48. The minimum atomic E-state index is -0.0400. The topological polar surface area (TPSA) is 49.8 Å². The highest BCUT2D eigenvalue weighted by molar-refractivity contribution is 9.10. The van der Waals surface area contributed by atoms with E-state index in [2.05, 4.69) is 15.9 Å². The minimum absolute atomic E-state index is 0.0219. The van der Waals surface area contributed by atoms with Crippen LogP contribution in [-0.4, -0.2) is 42.2 Å². The molecule has 1 fully saturated rings. The SMILES string of the molecule is O=C(c1cc(Br)c(CO)s1)N1CCOCC1. The number of nitrogens with zero attached hydrogens (tertiary/aromatic N) is 1. The third-order valence-corrected chi connectivity index (χ3v) is 4.49. The number of amides is 1. The third-order valence-electron chi connectivity index (χ3n) is 2.41. The molecule has 0 spiro atoms.